The molecule has 2 saturated heterocycles. The molecule has 3 aliphatic heterocycles. The maximum absolute atomic E-state index is 13.6. The van der Waals surface area contributed by atoms with Crippen LogP contribution in [0.1, 0.15) is 19.3 Å². The van der Waals surface area contributed by atoms with Crippen molar-refractivity contribution >= 4 is 27.5 Å². The smallest absolute Gasteiger partial charge is 0.244 e. The van der Waals surface area contributed by atoms with Gasteiger partial charge in [-0.2, -0.15) is 4.31 Å². The van der Waals surface area contributed by atoms with Gasteiger partial charge in [0.25, 0.3) is 0 Å². The first-order valence-electron chi connectivity index (χ1n) is 13.1. The molecule has 3 heterocycles. The Morgan fingerprint density at radius 1 is 1.00 bits per heavy atom. The molecule has 9 nitrogen and oxygen atoms in total. The lowest BCUT2D eigenvalue weighted by molar-refractivity contribution is -0.136. The minimum Gasteiger partial charge on any atom is -0.493 e. The van der Waals surface area contributed by atoms with Crippen LogP contribution in [0, 0.1) is 11.2 Å². The minimum atomic E-state index is -3.92. The Morgan fingerprint density at radius 3 is 2.26 bits per heavy atom. The van der Waals surface area contributed by atoms with Gasteiger partial charge in [0.2, 0.25) is 15.9 Å². The summed E-state index contributed by atoms with van der Waals surface area (Å²) in [5, 5.41) is 0.0703. The second-order valence-electron chi connectivity index (χ2n) is 10.4. The highest BCUT2D eigenvalue weighted by atomic mass is 35.5. The Hall–Kier alpha value is -2.60. The van der Waals surface area contributed by atoms with Crippen LogP contribution in [0.4, 0.5) is 4.39 Å². The van der Waals surface area contributed by atoms with Crippen LogP contribution in [0.15, 0.2) is 41.3 Å². The third kappa shape index (κ3) is 6.26. The Labute approximate surface area is 233 Å². The van der Waals surface area contributed by atoms with Crippen LogP contribution in [-0.4, -0.2) is 94.6 Å². The molecule has 0 aliphatic carbocycles. The predicted molar refractivity (Wildman–Crippen MR) is 143 cm³/mol. The lowest BCUT2D eigenvalue weighted by Gasteiger charge is -2.42. The molecule has 2 aromatic carbocycles. The predicted octanol–water partition coefficient (Wildman–Crippen LogP) is 3.26. The van der Waals surface area contributed by atoms with Crippen molar-refractivity contribution in [3.05, 3.63) is 47.2 Å². The Bertz CT molecular complexity index is 1290. The highest BCUT2D eigenvalue weighted by Crippen LogP contribution is 2.41. The number of rotatable bonds is 7. The number of halogens is 2. The summed E-state index contributed by atoms with van der Waals surface area (Å²) >= 11 is 6.37. The summed E-state index contributed by atoms with van der Waals surface area (Å²) in [7, 11) is -1.89. The zero-order valence-corrected chi connectivity index (χ0v) is 23.5. The van der Waals surface area contributed by atoms with Gasteiger partial charge in [0.1, 0.15) is 29.7 Å². The van der Waals surface area contributed by atoms with Crippen LogP contribution >= 0.6 is 11.6 Å². The van der Waals surface area contributed by atoms with E-state index in [1.54, 1.807) is 12.1 Å². The molecule has 0 saturated carbocycles. The van der Waals surface area contributed by atoms with Crippen LogP contribution in [0.3, 0.4) is 0 Å². The van der Waals surface area contributed by atoms with Gasteiger partial charge < -0.3 is 24.0 Å². The third-order valence-corrected chi connectivity index (χ3v) is 10.1. The summed E-state index contributed by atoms with van der Waals surface area (Å²) in [4.78, 5) is 17.4. The van der Waals surface area contributed by atoms with E-state index in [9.17, 15) is 17.6 Å². The van der Waals surface area contributed by atoms with Gasteiger partial charge in [-0.3, -0.25) is 4.79 Å². The lowest BCUT2D eigenvalue weighted by Crippen LogP contribution is -2.51. The summed E-state index contributed by atoms with van der Waals surface area (Å²) in [6.45, 7) is 4.27. The Balaban J connectivity index is 1.32. The Morgan fingerprint density at radius 2 is 1.62 bits per heavy atom. The average Bonchev–Trinajstić information content (AvgIpc) is 2.93. The van der Waals surface area contributed by atoms with Gasteiger partial charge in [-0.1, -0.05) is 11.6 Å². The summed E-state index contributed by atoms with van der Waals surface area (Å²) in [6.07, 6.45) is 1.10. The number of ether oxygens (including phenoxy) is 3. The summed E-state index contributed by atoms with van der Waals surface area (Å²) < 4.78 is 59.1. The molecule has 0 bridgehead atoms. The maximum Gasteiger partial charge on any atom is 0.244 e. The molecule has 0 radical (unpaired) electrons. The van der Waals surface area contributed by atoms with Gasteiger partial charge in [-0.25, -0.2) is 12.8 Å². The van der Waals surface area contributed by atoms with E-state index >= 15 is 0 Å². The van der Waals surface area contributed by atoms with Crippen LogP contribution in [0.5, 0.6) is 17.2 Å². The first-order chi connectivity index (χ1) is 18.6. The third-order valence-electron chi connectivity index (χ3n) is 7.74. The van der Waals surface area contributed by atoms with E-state index in [4.69, 9.17) is 25.8 Å². The first-order valence-corrected chi connectivity index (χ1v) is 14.9. The molecule has 12 heteroatoms. The van der Waals surface area contributed by atoms with Crippen molar-refractivity contribution in [2.24, 2.45) is 5.41 Å². The van der Waals surface area contributed by atoms with Crippen LogP contribution in [0.2, 0.25) is 5.02 Å². The van der Waals surface area contributed by atoms with E-state index in [2.05, 4.69) is 4.90 Å². The fraction of sp³-hybridized carbons (Fsp3) is 0.519. The van der Waals surface area contributed by atoms with E-state index in [0.29, 0.717) is 56.4 Å². The number of fused-ring (bicyclic) bond motifs is 1. The molecule has 39 heavy (non-hydrogen) atoms. The lowest BCUT2D eigenvalue weighted by atomic mass is 9.76. The summed E-state index contributed by atoms with van der Waals surface area (Å²) in [5.74, 6) is 0.945. The van der Waals surface area contributed by atoms with Crippen LogP contribution in [-0.2, 0) is 14.8 Å². The van der Waals surface area contributed by atoms with E-state index in [1.165, 1.54) is 28.6 Å². The van der Waals surface area contributed by atoms with Crippen LogP contribution < -0.4 is 14.2 Å². The molecule has 212 valence electrons. The number of carbonyl (C=O) groups excluding carboxylic acids is 1. The molecular weight excluding hydrogens is 549 g/mol. The molecule has 3 aliphatic rings. The minimum absolute atomic E-state index is 0.0306. The largest absolute Gasteiger partial charge is 0.493 e. The Kier molecular flexibility index (Phi) is 8.23. The SMILES string of the molecule is CN1CCN(C(=O)CC2(COc3ccc(F)cc3)CCN(S(=O)(=O)c3cc4c(cc3Cl)OCCO4)CC2)CC1. The topological polar surface area (TPSA) is 88.6 Å². The second-order valence-corrected chi connectivity index (χ2v) is 12.7. The van der Waals surface area contributed by atoms with Gasteiger partial charge in [0.15, 0.2) is 11.5 Å². The number of piperidine rings is 1. The number of hydrogen-bond acceptors (Lipinski definition) is 7. The highest BCUT2D eigenvalue weighted by molar-refractivity contribution is 7.89. The van der Waals surface area contributed by atoms with Crippen molar-refractivity contribution in [2.75, 3.05) is 66.1 Å². The van der Waals surface area contributed by atoms with Gasteiger partial charge in [0, 0.05) is 63.2 Å². The molecule has 5 rings (SSSR count). The van der Waals surface area contributed by atoms with Crippen molar-refractivity contribution in [1.29, 1.82) is 0 Å². The average molecular weight is 582 g/mol. The zero-order valence-electron chi connectivity index (χ0n) is 21.9. The van der Waals surface area contributed by atoms with Crippen molar-refractivity contribution in [3.8, 4) is 17.2 Å². The molecular formula is C27H33ClFN3O6S. The van der Waals surface area contributed by atoms with E-state index in [1.807, 2.05) is 11.9 Å². The maximum atomic E-state index is 13.6. The van der Waals surface area contributed by atoms with Crippen molar-refractivity contribution in [2.45, 2.75) is 24.2 Å². The highest BCUT2D eigenvalue weighted by Gasteiger charge is 2.42. The van der Waals surface area contributed by atoms with Gasteiger partial charge in [-0.15, -0.1) is 0 Å². The number of amides is 1. The normalized spacial score (nSPS) is 20.0. The number of sulfonamides is 1. The fourth-order valence-electron chi connectivity index (χ4n) is 5.21. The monoisotopic (exact) mass is 581 g/mol. The molecule has 0 aromatic heterocycles. The van der Waals surface area contributed by atoms with Gasteiger partial charge in [-0.05, 0) is 44.2 Å². The molecule has 2 aromatic rings. The first kappa shape index (κ1) is 27.9. The van der Waals surface area contributed by atoms with Gasteiger partial charge >= 0.3 is 0 Å². The standard InChI is InChI=1S/C27H33ClFN3O6S/c1-30-10-12-31(13-11-30)26(33)18-27(19-38-21-4-2-20(29)3-5-21)6-8-32(9-7-27)39(34,35)25-17-24-23(16-22(25)28)36-14-15-37-24/h2-5,16-17H,6-15,18-19H2,1H3. The summed E-state index contributed by atoms with van der Waals surface area (Å²) in [5.41, 5.74) is -0.572. The molecule has 0 unspecified atom stereocenters. The zero-order chi connectivity index (χ0) is 27.6. The molecule has 2 fully saturated rings. The van der Waals surface area contributed by atoms with Gasteiger partial charge in [0.05, 0.1) is 11.6 Å². The van der Waals surface area contributed by atoms with Crippen molar-refractivity contribution < 1.29 is 31.8 Å². The number of carbonyl (C=O) groups is 1. The second kappa shape index (κ2) is 11.5. The number of likely N-dealkylation sites (N-methyl/N-ethyl adjacent to an activating group) is 1. The van der Waals surface area contributed by atoms with Crippen molar-refractivity contribution in [1.82, 2.24) is 14.1 Å². The fourth-order valence-corrected chi connectivity index (χ4v) is 7.16. The molecule has 0 atom stereocenters. The van der Waals surface area contributed by atoms with E-state index in [-0.39, 0.29) is 47.8 Å². The molecule has 0 N–H and O–H groups in total. The van der Waals surface area contributed by atoms with Crippen molar-refractivity contribution in [3.63, 3.8) is 0 Å². The number of piperazine rings is 1. The summed E-state index contributed by atoms with van der Waals surface area (Å²) in [6, 6.07) is 8.64. The number of nitrogens with zero attached hydrogens (tertiary/aromatic N) is 3. The number of benzene rings is 2. The molecule has 1 amide bonds. The number of hydrogen-bond donors (Lipinski definition) is 0. The van der Waals surface area contributed by atoms with Crippen LogP contribution in [0.25, 0.3) is 0 Å². The van der Waals surface area contributed by atoms with E-state index < -0.39 is 15.4 Å². The quantitative estimate of drug-likeness (QED) is 0.496. The molecule has 0 spiro atoms. The van der Waals surface area contributed by atoms with E-state index in [0.717, 1.165) is 13.1 Å².